The van der Waals surface area contributed by atoms with Crippen molar-refractivity contribution in [3.05, 3.63) is 5.82 Å². The van der Waals surface area contributed by atoms with Crippen LogP contribution in [-0.4, -0.2) is 31.3 Å². The molecular formula is C11H18N4O2. The summed E-state index contributed by atoms with van der Waals surface area (Å²) in [5.41, 5.74) is 0.244. The third-order valence-electron chi connectivity index (χ3n) is 3.57. The molecule has 94 valence electrons. The Hall–Kier alpha value is -1.46. The summed E-state index contributed by atoms with van der Waals surface area (Å²) in [4.78, 5) is 10.8. The van der Waals surface area contributed by atoms with Crippen LogP contribution in [0.1, 0.15) is 57.8 Å². The monoisotopic (exact) mass is 238 g/mol. The predicted molar refractivity (Wildman–Crippen MR) is 60.5 cm³/mol. The van der Waals surface area contributed by atoms with Crippen LogP contribution in [0.15, 0.2) is 0 Å². The minimum atomic E-state index is -0.812. The summed E-state index contributed by atoms with van der Waals surface area (Å²) < 4.78 is 1.70. The molecule has 2 unspecified atom stereocenters. The standard InChI is InChI=1S/C11H18N4O2/c1-4-7(5-9(16)17)15-10(12-13-14-15)8-6-11(8,2)3/h7-8H,4-6H2,1-3H3,(H,16,17). The van der Waals surface area contributed by atoms with Crippen molar-refractivity contribution in [2.45, 2.75) is 52.0 Å². The van der Waals surface area contributed by atoms with Crippen LogP contribution in [0.4, 0.5) is 0 Å². The van der Waals surface area contributed by atoms with Gasteiger partial charge in [0, 0.05) is 5.92 Å². The lowest BCUT2D eigenvalue weighted by Gasteiger charge is -2.14. The van der Waals surface area contributed by atoms with E-state index in [1.807, 2.05) is 6.92 Å². The van der Waals surface area contributed by atoms with Crippen LogP contribution in [0.2, 0.25) is 0 Å². The summed E-state index contributed by atoms with van der Waals surface area (Å²) >= 11 is 0. The summed E-state index contributed by atoms with van der Waals surface area (Å²) in [6.45, 7) is 6.31. The summed E-state index contributed by atoms with van der Waals surface area (Å²) in [6.07, 6.45) is 1.86. The van der Waals surface area contributed by atoms with E-state index in [1.54, 1.807) is 4.68 Å². The van der Waals surface area contributed by atoms with Gasteiger partial charge in [-0.1, -0.05) is 20.8 Å². The van der Waals surface area contributed by atoms with Crippen molar-refractivity contribution in [3.8, 4) is 0 Å². The molecule has 2 rings (SSSR count). The Morgan fingerprint density at radius 3 is 2.76 bits per heavy atom. The molecule has 1 aromatic heterocycles. The molecule has 1 aliphatic rings. The fraction of sp³-hybridized carbons (Fsp3) is 0.818. The molecule has 0 radical (unpaired) electrons. The molecule has 0 aromatic carbocycles. The van der Waals surface area contributed by atoms with Gasteiger partial charge in [0.05, 0.1) is 12.5 Å². The first-order valence-electron chi connectivity index (χ1n) is 5.95. The molecule has 0 bridgehead atoms. The summed E-state index contributed by atoms with van der Waals surface area (Å²) in [7, 11) is 0. The van der Waals surface area contributed by atoms with Crippen LogP contribution in [-0.2, 0) is 4.79 Å². The van der Waals surface area contributed by atoms with Crippen molar-refractivity contribution < 1.29 is 9.90 Å². The zero-order chi connectivity index (χ0) is 12.6. The van der Waals surface area contributed by atoms with Crippen LogP contribution in [0, 0.1) is 5.41 Å². The normalized spacial score (nSPS) is 23.4. The smallest absolute Gasteiger partial charge is 0.305 e. The molecule has 0 spiro atoms. The lowest BCUT2D eigenvalue weighted by molar-refractivity contribution is -0.138. The second-order valence-electron chi connectivity index (χ2n) is 5.39. The van der Waals surface area contributed by atoms with Gasteiger partial charge in [0.1, 0.15) is 0 Å². The van der Waals surface area contributed by atoms with Crippen LogP contribution in [0.3, 0.4) is 0 Å². The lowest BCUT2D eigenvalue weighted by Crippen LogP contribution is -2.17. The van der Waals surface area contributed by atoms with E-state index >= 15 is 0 Å². The fourth-order valence-electron chi connectivity index (χ4n) is 2.20. The fourth-order valence-corrected chi connectivity index (χ4v) is 2.20. The Kier molecular flexibility index (Phi) is 2.89. The van der Waals surface area contributed by atoms with Crippen LogP contribution >= 0.6 is 0 Å². The molecule has 1 fully saturated rings. The SMILES string of the molecule is CCC(CC(=O)O)n1nnnc1C1CC1(C)C. The molecule has 2 atom stereocenters. The Morgan fingerprint density at radius 2 is 2.29 bits per heavy atom. The number of hydrogen-bond donors (Lipinski definition) is 1. The molecule has 1 aliphatic carbocycles. The lowest BCUT2D eigenvalue weighted by atomic mass is 10.1. The molecule has 1 heterocycles. The Morgan fingerprint density at radius 1 is 1.65 bits per heavy atom. The third kappa shape index (κ3) is 2.30. The highest BCUT2D eigenvalue weighted by Crippen LogP contribution is 2.58. The molecular weight excluding hydrogens is 220 g/mol. The molecule has 1 saturated carbocycles. The van der Waals surface area contributed by atoms with Gasteiger partial charge < -0.3 is 5.11 Å². The van der Waals surface area contributed by atoms with E-state index in [0.29, 0.717) is 5.92 Å². The first-order valence-corrected chi connectivity index (χ1v) is 5.95. The maximum atomic E-state index is 10.8. The first-order chi connectivity index (χ1) is 7.95. The molecule has 1 N–H and O–H groups in total. The number of tetrazole rings is 1. The van der Waals surface area contributed by atoms with Gasteiger partial charge in [-0.25, -0.2) is 4.68 Å². The van der Waals surface area contributed by atoms with Crippen LogP contribution < -0.4 is 0 Å². The Balaban J connectivity index is 2.20. The van der Waals surface area contributed by atoms with Gasteiger partial charge in [-0.05, 0) is 28.7 Å². The van der Waals surface area contributed by atoms with Crippen molar-refractivity contribution in [1.82, 2.24) is 20.2 Å². The number of aliphatic carboxylic acids is 1. The highest BCUT2D eigenvalue weighted by atomic mass is 16.4. The second kappa shape index (κ2) is 4.09. The highest BCUT2D eigenvalue weighted by molar-refractivity contribution is 5.67. The third-order valence-corrected chi connectivity index (χ3v) is 3.57. The van der Waals surface area contributed by atoms with Gasteiger partial charge in [-0.2, -0.15) is 0 Å². The molecule has 17 heavy (non-hydrogen) atoms. The number of aromatic nitrogens is 4. The minimum absolute atomic E-state index is 0.0711. The maximum absolute atomic E-state index is 10.8. The van der Waals surface area contributed by atoms with E-state index in [-0.39, 0.29) is 17.9 Å². The topological polar surface area (TPSA) is 80.9 Å². The average molecular weight is 238 g/mol. The molecule has 0 amide bonds. The van der Waals surface area contributed by atoms with E-state index in [9.17, 15) is 4.79 Å². The summed E-state index contributed by atoms with van der Waals surface area (Å²) in [5.74, 6) is 0.386. The summed E-state index contributed by atoms with van der Waals surface area (Å²) in [6, 6.07) is -0.145. The van der Waals surface area contributed by atoms with Crippen LogP contribution in [0.5, 0.6) is 0 Å². The van der Waals surface area contributed by atoms with E-state index in [4.69, 9.17) is 5.11 Å². The predicted octanol–water partition coefficient (Wildman–Crippen LogP) is 1.61. The van der Waals surface area contributed by atoms with Gasteiger partial charge in [-0.3, -0.25) is 4.79 Å². The van der Waals surface area contributed by atoms with Gasteiger partial charge in [0.25, 0.3) is 0 Å². The molecule has 0 aliphatic heterocycles. The van der Waals surface area contributed by atoms with Crippen molar-refractivity contribution >= 4 is 5.97 Å². The van der Waals surface area contributed by atoms with E-state index in [0.717, 1.165) is 18.7 Å². The van der Waals surface area contributed by atoms with Gasteiger partial charge >= 0.3 is 5.97 Å². The average Bonchev–Trinajstić information content (AvgIpc) is 2.70. The number of hydrogen-bond acceptors (Lipinski definition) is 4. The highest BCUT2D eigenvalue weighted by Gasteiger charge is 2.50. The quantitative estimate of drug-likeness (QED) is 0.842. The molecule has 1 aromatic rings. The largest absolute Gasteiger partial charge is 0.481 e. The zero-order valence-electron chi connectivity index (χ0n) is 10.4. The number of carboxylic acid groups (broad SMARTS) is 1. The number of rotatable bonds is 5. The van der Waals surface area contributed by atoms with Gasteiger partial charge in [-0.15, -0.1) is 5.10 Å². The number of carbonyl (C=O) groups is 1. The van der Waals surface area contributed by atoms with E-state index in [2.05, 4.69) is 29.4 Å². The van der Waals surface area contributed by atoms with E-state index in [1.165, 1.54) is 0 Å². The molecule has 0 saturated heterocycles. The van der Waals surface area contributed by atoms with Crippen molar-refractivity contribution in [2.24, 2.45) is 5.41 Å². The molecule has 6 nitrogen and oxygen atoms in total. The number of nitrogens with zero attached hydrogens (tertiary/aromatic N) is 4. The maximum Gasteiger partial charge on any atom is 0.305 e. The first kappa shape index (κ1) is 12.0. The second-order valence-corrected chi connectivity index (χ2v) is 5.39. The van der Waals surface area contributed by atoms with Crippen LogP contribution in [0.25, 0.3) is 0 Å². The van der Waals surface area contributed by atoms with Gasteiger partial charge in [0.2, 0.25) is 0 Å². The van der Waals surface area contributed by atoms with Gasteiger partial charge in [0.15, 0.2) is 5.82 Å². The Bertz CT molecular complexity index is 427. The summed E-state index contributed by atoms with van der Waals surface area (Å²) in [5, 5.41) is 20.6. The zero-order valence-corrected chi connectivity index (χ0v) is 10.4. The molecule has 6 heteroatoms. The number of carboxylic acids is 1. The van der Waals surface area contributed by atoms with Crippen molar-refractivity contribution in [1.29, 1.82) is 0 Å². The van der Waals surface area contributed by atoms with Crippen molar-refractivity contribution in [2.75, 3.05) is 0 Å². The van der Waals surface area contributed by atoms with Crippen molar-refractivity contribution in [3.63, 3.8) is 0 Å². The minimum Gasteiger partial charge on any atom is -0.481 e. The van der Waals surface area contributed by atoms with E-state index < -0.39 is 5.97 Å². The Labute approximate surface area is 100 Å².